The van der Waals surface area contributed by atoms with Crippen molar-refractivity contribution in [2.45, 2.75) is 78.6 Å². The van der Waals surface area contributed by atoms with Crippen LogP contribution in [0.5, 0.6) is 11.5 Å². The molecule has 0 atom stereocenters. The first-order valence-corrected chi connectivity index (χ1v) is 17.5. The zero-order chi connectivity index (χ0) is 35.3. The van der Waals surface area contributed by atoms with Gasteiger partial charge in [-0.05, 0) is 97.7 Å². The Labute approximate surface area is 291 Å². The van der Waals surface area contributed by atoms with E-state index < -0.39 is 11.9 Å². The number of hydrogen-bond donors (Lipinski definition) is 1. The van der Waals surface area contributed by atoms with Gasteiger partial charge in [0.1, 0.15) is 37.9 Å². The number of aryl methyl sites for hydroxylation is 2. The summed E-state index contributed by atoms with van der Waals surface area (Å²) in [5.74, 6) is 1.70. The molecule has 1 aliphatic carbocycles. The highest BCUT2D eigenvalue weighted by Gasteiger charge is 2.22. The second kappa shape index (κ2) is 18.4. The van der Waals surface area contributed by atoms with Gasteiger partial charge in [0.25, 0.3) is 0 Å². The van der Waals surface area contributed by atoms with E-state index >= 15 is 0 Å². The summed E-state index contributed by atoms with van der Waals surface area (Å²) in [6.45, 7) is 15.7. The van der Waals surface area contributed by atoms with Crippen molar-refractivity contribution < 1.29 is 33.6 Å². The van der Waals surface area contributed by atoms with Crippen LogP contribution in [-0.4, -0.2) is 50.1 Å². The fourth-order valence-corrected chi connectivity index (χ4v) is 6.20. The topological polar surface area (TPSA) is 91.3 Å². The average molecular weight is 669 g/mol. The third kappa shape index (κ3) is 10.6. The fourth-order valence-electron chi connectivity index (χ4n) is 6.20. The summed E-state index contributed by atoms with van der Waals surface area (Å²) in [6, 6.07) is 18.9. The minimum Gasteiger partial charge on any atom is -0.489 e. The number of esters is 2. The van der Waals surface area contributed by atoms with Gasteiger partial charge in [0.15, 0.2) is 0 Å². The Kier molecular flexibility index (Phi) is 14.1. The molecule has 3 aromatic rings. The zero-order valence-electron chi connectivity index (χ0n) is 29.6. The van der Waals surface area contributed by atoms with Gasteiger partial charge in [-0.2, -0.15) is 0 Å². The molecule has 49 heavy (non-hydrogen) atoms. The van der Waals surface area contributed by atoms with Crippen molar-refractivity contribution in [2.75, 3.05) is 33.0 Å². The molecule has 1 saturated carbocycles. The molecule has 4 rings (SSSR count). The van der Waals surface area contributed by atoms with E-state index in [1.807, 2.05) is 24.3 Å². The molecule has 7 nitrogen and oxygen atoms in total. The van der Waals surface area contributed by atoms with E-state index in [9.17, 15) is 14.7 Å². The normalized spacial score (nSPS) is 15.7. The lowest BCUT2D eigenvalue weighted by Crippen LogP contribution is -2.14. The van der Waals surface area contributed by atoms with E-state index in [1.165, 1.54) is 36.8 Å². The van der Waals surface area contributed by atoms with E-state index in [-0.39, 0.29) is 33.0 Å². The Morgan fingerprint density at radius 3 is 1.88 bits per heavy atom. The Bertz CT molecular complexity index is 1600. The van der Waals surface area contributed by atoms with Crippen LogP contribution in [0, 0.1) is 5.92 Å². The van der Waals surface area contributed by atoms with Crippen LogP contribution in [-0.2, 0) is 31.9 Å². The maximum absolute atomic E-state index is 12.0. The average Bonchev–Trinajstić information content (AvgIpc) is 3.11. The molecule has 0 aliphatic heterocycles. The van der Waals surface area contributed by atoms with E-state index in [4.69, 9.17) is 18.9 Å². The largest absolute Gasteiger partial charge is 0.489 e. The highest BCUT2D eigenvalue weighted by atomic mass is 16.6. The Balaban J connectivity index is 1.75. The van der Waals surface area contributed by atoms with E-state index in [0.29, 0.717) is 35.0 Å². The molecule has 0 heterocycles. The Morgan fingerprint density at radius 1 is 0.755 bits per heavy atom. The molecule has 0 radical (unpaired) electrons. The highest BCUT2D eigenvalue weighted by Crippen LogP contribution is 2.44. The first-order chi connectivity index (χ1) is 23.6. The predicted molar refractivity (Wildman–Crippen MR) is 195 cm³/mol. The van der Waals surface area contributed by atoms with E-state index in [1.54, 1.807) is 13.8 Å². The molecule has 7 heteroatoms. The first-order valence-electron chi connectivity index (χ1n) is 17.5. The quantitative estimate of drug-likeness (QED) is 0.0873. The molecule has 0 amide bonds. The summed E-state index contributed by atoms with van der Waals surface area (Å²) in [5, 5.41) is 9.29. The molecule has 0 saturated heterocycles. The van der Waals surface area contributed by atoms with Gasteiger partial charge in [0, 0.05) is 28.9 Å². The van der Waals surface area contributed by atoms with Gasteiger partial charge in [-0.3, -0.25) is 0 Å². The third-order valence-corrected chi connectivity index (χ3v) is 9.10. The minimum absolute atomic E-state index is 0.0712. The van der Waals surface area contributed by atoms with Gasteiger partial charge >= 0.3 is 11.9 Å². The second-order valence-corrected chi connectivity index (χ2v) is 13.1. The Morgan fingerprint density at radius 2 is 1.33 bits per heavy atom. The lowest BCUT2D eigenvalue weighted by Gasteiger charge is -2.27. The van der Waals surface area contributed by atoms with Crippen LogP contribution < -0.4 is 9.47 Å². The molecule has 0 aromatic heterocycles. The van der Waals surface area contributed by atoms with Crippen LogP contribution in [0.4, 0.5) is 0 Å². The van der Waals surface area contributed by atoms with Crippen LogP contribution in [0.25, 0.3) is 22.3 Å². The molecule has 1 N–H and O–H groups in total. The standard InChI is InChI=1S/C42H52O7/c1-7-32-25-35(33-14-10-30(6)11-15-33)18-19-36(32)38-27-39(46-21-23-48-41(44)28(2)3)37(34-16-12-31(13-17-34)9-8-20-43)26-40(38)47-22-24-49-42(45)29(4)5/h12-13,16-19,25-27,30,33,43H,2,4,7-11,14-15,20-24H2,1,3,5-6H3. The molecule has 1 fully saturated rings. The minimum atomic E-state index is -0.459. The maximum atomic E-state index is 12.0. The summed E-state index contributed by atoms with van der Waals surface area (Å²) in [6.07, 6.45) is 7.25. The van der Waals surface area contributed by atoms with Crippen LogP contribution in [0.2, 0.25) is 0 Å². The SMILES string of the molecule is C=C(C)C(=O)OCCOc1cc(-c2ccc(C3CCC(C)CC3)cc2CC)c(OCCOC(=O)C(=C)C)cc1-c1ccc(CCCO)cc1. The number of benzene rings is 3. The second-order valence-electron chi connectivity index (χ2n) is 13.1. The summed E-state index contributed by atoms with van der Waals surface area (Å²) in [7, 11) is 0. The lowest BCUT2D eigenvalue weighted by molar-refractivity contribution is -0.140. The number of ether oxygens (including phenoxy) is 4. The smallest absolute Gasteiger partial charge is 0.333 e. The molecular formula is C42H52O7. The van der Waals surface area contributed by atoms with Crippen LogP contribution in [0.15, 0.2) is 78.9 Å². The summed E-state index contributed by atoms with van der Waals surface area (Å²) < 4.78 is 23.4. The van der Waals surface area contributed by atoms with Crippen molar-refractivity contribution in [1.29, 1.82) is 0 Å². The molecule has 262 valence electrons. The van der Waals surface area contributed by atoms with Crippen molar-refractivity contribution in [2.24, 2.45) is 5.92 Å². The molecule has 0 unspecified atom stereocenters. The van der Waals surface area contributed by atoms with E-state index in [0.717, 1.165) is 46.6 Å². The molecule has 0 bridgehead atoms. The Hall–Kier alpha value is -4.36. The molecule has 1 aliphatic rings. The van der Waals surface area contributed by atoms with Crippen molar-refractivity contribution >= 4 is 11.9 Å². The van der Waals surface area contributed by atoms with Crippen LogP contribution in [0.3, 0.4) is 0 Å². The van der Waals surface area contributed by atoms with Crippen molar-refractivity contribution in [3.63, 3.8) is 0 Å². The third-order valence-electron chi connectivity index (χ3n) is 9.10. The highest BCUT2D eigenvalue weighted by molar-refractivity contribution is 5.87. The number of hydrogen-bond acceptors (Lipinski definition) is 7. The summed E-state index contributed by atoms with van der Waals surface area (Å²) in [4.78, 5) is 24.1. The number of aliphatic hydroxyl groups excluding tert-OH is 1. The number of carbonyl (C=O) groups excluding carboxylic acids is 2. The predicted octanol–water partition coefficient (Wildman–Crippen LogP) is 8.80. The summed E-state index contributed by atoms with van der Waals surface area (Å²) in [5.41, 5.74) is 8.04. The van der Waals surface area contributed by atoms with Gasteiger partial charge in [0.2, 0.25) is 0 Å². The van der Waals surface area contributed by atoms with Gasteiger partial charge in [-0.25, -0.2) is 9.59 Å². The fraction of sp³-hybridized carbons (Fsp3) is 0.429. The monoisotopic (exact) mass is 668 g/mol. The number of rotatable bonds is 17. The van der Waals surface area contributed by atoms with Crippen LogP contribution in [0.1, 0.15) is 82.4 Å². The zero-order valence-corrected chi connectivity index (χ0v) is 29.6. The van der Waals surface area contributed by atoms with Crippen molar-refractivity contribution in [3.8, 4) is 33.8 Å². The molecule has 3 aromatic carbocycles. The van der Waals surface area contributed by atoms with Gasteiger partial charge in [-0.1, -0.05) is 82.3 Å². The van der Waals surface area contributed by atoms with Crippen LogP contribution >= 0.6 is 0 Å². The maximum Gasteiger partial charge on any atom is 0.333 e. The van der Waals surface area contributed by atoms with Gasteiger partial charge in [0.05, 0.1) is 0 Å². The number of carbonyl (C=O) groups is 2. The lowest BCUT2D eigenvalue weighted by atomic mass is 9.78. The van der Waals surface area contributed by atoms with E-state index in [2.05, 4.69) is 57.3 Å². The molecular weight excluding hydrogens is 616 g/mol. The van der Waals surface area contributed by atoms with Crippen molar-refractivity contribution in [1.82, 2.24) is 0 Å². The summed E-state index contributed by atoms with van der Waals surface area (Å²) >= 11 is 0. The van der Waals surface area contributed by atoms with Crippen molar-refractivity contribution in [3.05, 3.63) is 95.6 Å². The first kappa shape index (κ1) is 37.5. The van der Waals surface area contributed by atoms with Gasteiger partial charge in [-0.15, -0.1) is 0 Å². The van der Waals surface area contributed by atoms with Gasteiger partial charge < -0.3 is 24.1 Å². The molecule has 0 spiro atoms. The number of aliphatic hydroxyl groups is 1.